The Morgan fingerprint density at radius 1 is 1.57 bits per heavy atom. The van der Waals surface area contributed by atoms with Crippen LogP contribution >= 0.6 is 0 Å². The third kappa shape index (κ3) is 2.25. The number of H-pyrrole nitrogens is 1. The van der Waals surface area contributed by atoms with Crippen LogP contribution in [0.2, 0.25) is 0 Å². The third-order valence-corrected chi connectivity index (χ3v) is 1.84. The van der Waals surface area contributed by atoms with E-state index in [1.165, 1.54) is 0 Å². The molecule has 0 amide bonds. The third-order valence-electron chi connectivity index (χ3n) is 1.84. The van der Waals surface area contributed by atoms with E-state index in [1.807, 2.05) is 13.8 Å². The smallest absolute Gasteiger partial charge is 0.317 e. The van der Waals surface area contributed by atoms with E-state index in [4.69, 9.17) is 4.84 Å². The number of carbonyl (C=O) groups excluding carboxylic acids is 1. The molecule has 0 fully saturated rings. The minimum absolute atomic E-state index is 0.294. The molecule has 0 aliphatic heterocycles. The van der Waals surface area contributed by atoms with Crippen molar-refractivity contribution < 1.29 is 9.63 Å². The quantitative estimate of drug-likeness (QED) is 0.766. The molecule has 14 heavy (non-hydrogen) atoms. The van der Waals surface area contributed by atoms with Gasteiger partial charge in [-0.3, -0.25) is 9.89 Å². The number of aryl methyl sites for hydroxylation is 1. The van der Waals surface area contributed by atoms with Crippen molar-refractivity contribution in [1.29, 1.82) is 0 Å². The van der Waals surface area contributed by atoms with Crippen molar-refractivity contribution in [3.05, 3.63) is 22.1 Å². The van der Waals surface area contributed by atoms with E-state index in [0.29, 0.717) is 24.8 Å². The van der Waals surface area contributed by atoms with Gasteiger partial charge in [0.15, 0.2) is 0 Å². The molecule has 0 saturated heterocycles. The summed E-state index contributed by atoms with van der Waals surface area (Å²) in [6.07, 6.45) is 3.18. The minimum Gasteiger partial charge on any atom is -0.317 e. The molecule has 78 valence electrons. The molecule has 1 aromatic heterocycles. The fraction of sp³-hybridized carbons (Fsp3) is 0.556. The molecule has 0 spiro atoms. The standard InChI is InChI=1S/C9H14N2O3/c1-3-5-8(12)14-11-9(13)7(4-2)6-10-11/h6,10H,3-5H2,1-2H3. The lowest BCUT2D eigenvalue weighted by molar-refractivity contribution is -0.146. The molecule has 0 aromatic carbocycles. The molecule has 1 heterocycles. The van der Waals surface area contributed by atoms with Crippen LogP contribution in [0, 0.1) is 0 Å². The largest absolute Gasteiger partial charge is 0.335 e. The Hall–Kier alpha value is -1.52. The fourth-order valence-corrected chi connectivity index (χ4v) is 1.06. The van der Waals surface area contributed by atoms with Crippen molar-refractivity contribution in [2.24, 2.45) is 0 Å². The van der Waals surface area contributed by atoms with Gasteiger partial charge >= 0.3 is 11.5 Å². The van der Waals surface area contributed by atoms with E-state index in [9.17, 15) is 9.59 Å². The molecule has 0 radical (unpaired) electrons. The highest BCUT2D eigenvalue weighted by molar-refractivity contribution is 5.69. The molecule has 1 aromatic rings. The van der Waals surface area contributed by atoms with E-state index in [-0.39, 0.29) is 5.56 Å². The van der Waals surface area contributed by atoms with Crippen molar-refractivity contribution >= 4 is 5.97 Å². The van der Waals surface area contributed by atoms with Gasteiger partial charge in [0, 0.05) is 18.2 Å². The van der Waals surface area contributed by atoms with Crippen molar-refractivity contribution in [1.82, 2.24) is 9.94 Å². The number of aromatic amines is 1. The zero-order valence-corrected chi connectivity index (χ0v) is 8.37. The molecule has 0 saturated carbocycles. The monoisotopic (exact) mass is 198 g/mol. The first kappa shape index (κ1) is 10.6. The average molecular weight is 198 g/mol. The first-order valence-electron chi connectivity index (χ1n) is 4.69. The van der Waals surface area contributed by atoms with Gasteiger partial charge in [-0.05, 0) is 12.8 Å². The lowest BCUT2D eigenvalue weighted by Gasteiger charge is -2.00. The van der Waals surface area contributed by atoms with Gasteiger partial charge in [0.1, 0.15) is 0 Å². The van der Waals surface area contributed by atoms with Crippen molar-refractivity contribution in [3.8, 4) is 0 Å². The highest BCUT2D eigenvalue weighted by Gasteiger charge is 2.08. The zero-order valence-electron chi connectivity index (χ0n) is 8.37. The van der Waals surface area contributed by atoms with Crippen LogP contribution < -0.4 is 10.4 Å². The van der Waals surface area contributed by atoms with E-state index in [2.05, 4.69) is 5.10 Å². The highest BCUT2D eigenvalue weighted by atomic mass is 16.7. The Balaban J connectivity index is 2.72. The van der Waals surface area contributed by atoms with E-state index >= 15 is 0 Å². The molecule has 0 aliphatic carbocycles. The SMILES string of the molecule is CCCC(=O)On1[nH]cc(CC)c1=O. The average Bonchev–Trinajstić information content (AvgIpc) is 2.48. The van der Waals surface area contributed by atoms with Crippen LogP contribution in [0.15, 0.2) is 11.0 Å². The number of hydrogen-bond acceptors (Lipinski definition) is 3. The minimum atomic E-state index is -0.404. The van der Waals surface area contributed by atoms with Crippen molar-refractivity contribution in [3.63, 3.8) is 0 Å². The maximum atomic E-state index is 11.4. The molecular formula is C9H14N2O3. The van der Waals surface area contributed by atoms with Crippen LogP contribution in [0.1, 0.15) is 32.3 Å². The lowest BCUT2D eigenvalue weighted by Crippen LogP contribution is -2.30. The van der Waals surface area contributed by atoms with Gasteiger partial charge in [-0.15, -0.1) is 0 Å². The van der Waals surface area contributed by atoms with Gasteiger partial charge in [0.05, 0.1) is 0 Å². The Morgan fingerprint density at radius 2 is 2.29 bits per heavy atom. The molecular weight excluding hydrogens is 184 g/mol. The summed E-state index contributed by atoms with van der Waals surface area (Å²) < 4.78 is 0. The highest BCUT2D eigenvalue weighted by Crippen LogP contribution is 1.91. The fourth-order valence-electron chi connectivity index (χ4n) is 1.06. The van der Waals surface area contributed by atoms with E-state index < -0.39 is 5.97 Å². The number of aromatic nitrogens is 2. The summed E-state index contributed by atoms with van der Waals surface area (Å²) in [7, 11) is 0. The molecule has 1 N–H and O–H groups in total. The second-order valence-corrected chi connectivity index (χ2v) is 2.97. The second kappa shape index (κ2) is 4.64. The van der Waals surface area contributed by atoms with E-state index in [0.717, 1.165) is 4.85 Å². The summed E-state index contributed by atoms with van der Waals surface area (Å²) >= 11 is 0. The predicted octanol–water partition coefficient (Wildman–Crippen LogP) is 0.494. The topological polar surface area (TPSA) is 64.1 Å². The Bertz CT molecular complexity index is 364. The Morgan fingerprint density at radius 3 is 2.79 bits per heavy atom. The summed E-state index contributed by atoms with van der Waals surface area (Å²) in [5.41, 5.74) is 0.311. The van der Waals surface area contributed by atoms with Crippen LogP contribution in [0.5, 0.6) is 0 Å². The van der Waals surface area contributed by atoms with Gasteiger partial charge in [-0.25, -0.2) is 4.79 Å². The molecule has 0 unspecified atom stereocenters. The van der Waals surface area contributed by atoms with Crippen LogP contribution in [0.4, 0.5) is 0 Å². The number of carbonyl (C=O) groups is 1. The number of rotatable bonds is 4. The molecule has 0 bridgehead atoms. The van der Waals surface area contributed by atoms with Crippen molar-refractivity contribution in [2.75, 3.05) is 0 Å². The molecule has 0 aliphatic rings. The zero-order chi connectivity index (χ0) is 10.6. The summed E-state index contributed by atoms with van der Waals surface area (Å²) in [6, 6.07) is 0. The van der Waals surface area contributed by atoms with Gasteiger partial charge in [-0.1, -0.05) is 18.7 Å². The van der Waals surface area contributed by atoms with E-state index in [1.54, 1.807) is 6.20 Å². The van der Waals surface area contributed by atoms with Gasteiger partial charge < -0.3 is 4.84 Å². The number of hydrogen-bond donors (Lipinski definition) is 1. The maximum Gasteiger partial charge on any atom is 0.335 e. The van der Waals surface area contributed by atoms with Crippen LogP contribution in [-0.2, 0) is 11.2 Å². The second-order valence-electron chi connectivity index (χ2n) is 2.97. The summed E-state index contributed by atoms with van der Waals surface area (Å²) in [5.74, 6) is -0.404. The molecule has 0 atom stereocenters. The normalized spacial score (nSPS) is 10.1. The van der Waals surface area contributed by atoms with Crippen molar-refractivity contribution in [2.45, 2.75) is 33.1 Å². The Labute approximate surface area is 81.6 Å². The predicted molar refractivity (Wildman–Crippen MR) is 50.9 cm³/mol. The first-order valence-corrected chi connectivity index (χ1v) is 4.69. The van der Waals surface area contributed by atoms with Gasteiger partial charge in [-0.2, -0.15) is 0 Å². The number of nitrogens with one attached hydrogen (secondary N) is 1. The van der Waals surface area contributed by atoms with Gasteiger partial charge in [0.2, 0.25) is 0 Å². The summed E-state index contributed by atoms with van der Waals surface area (Å²) in [5, 5.41) is 2.58. The molecule has 5 nitrogen and oxygen atoms in total. The van der Waals surface area contributed by atoms with Gasteiger partial charge in [0.25, 0.3) is 0 Å². The van der Waals surface area contributed by atoms with Crippen LogP contribution in [0.25, 0.3) is 0 Å². The van der Waals surface area contributed by atoms with Crippen LogP contribution in [-0.4, -0.2) is 15.9 Å². The maximum absolute atomic E-state index is 11.4. The first-order chi connectivity index (χ1) is 6.69. The summed E-state index contributed by atoms with van der Waals surface area (Å²) in [4.78, 5) is 28.1. The lowest BCUT2D eigenvalue weighted by atomic mass is 10.3. The Kier molecular flexibility index (Phi) is 3.50. The number of nitrogens with zero attached hydrogens (tertiary/aromatic N) is 1. The summed E-state index contributed by atoms with van der Waals surface area (Å²) in [6.45, 7) is 3.74. The molecule has 5 heteroatoms. The molecule has 1 rings (SSSR count). The van der Waals surface area contributed by atoms with Crippen LogP contribution in [0.3, 0.4) is 0 Å².